The SMILES string of the molecule is CCC(C)C(C)(O)CNC(=O)c1cc(F)cc(F)c1. The normalized spacial score (nSPS) is 15.7. The molecule has 0 aliphatic rings. The third kappa shape index (κ3) is 4.28. The molecule has 0 heterocycles. The van der Waals surface area contributed by atoms with Crippen LogP contribution in [0.25, 0.3) is 0 Å². The summed E-state index contributed by atoms with van der Waals surface area (Å²) in [6.45, 7) is 5.45. The fourth-order valence-electron chi connectivity index (χ4n) is 1.66. The molecule has 1 rings (SSSR count). The molecule has 0 saturated carbocycles. The van der Waals surface area contributed by atoms with Gasteiger partial charge in [0, 0.05) is 18.2 Å². The zero-order valence-electron chi connectivity index (χ0n) is 11.3. The molecule has 0 saturated heterocycles. The van der Waals surface area contributed by atoms with Crippen LogP contribution in [0.15, 0.2) is 18.2 Å². The molecule has 1 aromatic carbocycles. The van der Waals surface area contributed by atoms with Crippen LogP contribution in [0.1, 0.15) is 37.6 Å². The minimum Gasteiger partial charge on any atom is -0.388 e. The van der Waals surface area contributed by atoms with E-state index in [4.69, 9.17) is 0 Å². The predicted octanol–water partition coefficient (Wildman–Crippen LogP) is 2.49. The standard InChI is InChI=1S/C14H19F2NO2/c1-4-9(2)14(3,19)8-17-13(18)10-5-11(15)7-12(16)6-10/h5-7,9,19H,4,8H2,1-3H3,(H,17,18). The van der Waals surface area contributed by atoms with Crippen molar-refractivity contribution in [2.24, 2.45) is 5.92 Å². The van der Waals surface area contributed by atoms with E-state index in [1.54, 1.807) is 6.92 Å². The van der Waals surface area contributed by atoms with Gasteiger partial charge < -0.3 is 10.4 Å². The molecule has 1 aromatic rings. The Balaban J connectivity index is 2.70. The van der Waals surface area contributed by atoms with E-state index in [1.807, 2.05) is 13.8 Å². The highest BCUT2D eigenvalue weighted by Gasteiger charge is 2.27. The smallest absolute Gasteiger partial charge is 0.251 e. The average molecular weight is 271 g/mol. The molecule has 2 atom stereocenters. The lowest BCUT2D eigenvalue weighted by molar-refractivity contribution is 0.00592. The number of hydrogen-bond acceptors (Lipinski definition) is 2. The number of carbonyl (C=O) groups excluding carboxylic acids is 1. The van der Waals surface area contributed by atoms with E-state index in [0.29, 0.717) is 6.07 Å². The Labute approximate surface area is 111 Å². The summed E-state index contributed by atoms with van der Waals surface area (Å²) >= 11 is 0. The maximum absolute atomic E-state index is 13.0. The maximum Gasteiger partial charge on any atom is 0.251 e. The van der Waals surface area contributed by atoms with Crippen LogP contribution in [0.4, 0.5) is 8.78 Å². The topological polar surface area (TPSA) is 49.3 Å². The number of aliphatic hydroxyl groups is 1. The van der Waals surface area contributed by atoms with Gasteiger partial charge in [-0.25, -0.2) is 8.78 Å². The van der Waals surface area contributed by atoms with Crippen LogP contribution in [0, 0.1) is 17.6 Å². The number of halogens is 2. The molecule has 19 heavy (non-hydrogen) atoms. The van der Waals surface area contributed by atoms with Crippen molar-refractivity contribution in [2.75, 3.05) is 6.54 Å². The summed E-state index contributed by atoms with van der Waals surface area (Å²) in [5.74, 6) is -2.23. The summed E-state index contributed by atoms with van der Waals surface area (Å²) in [4.78, 5) is 11.8. The van der Waals surface area contributed by atoms with Gasteiger partial charge in [-0.2, -0.15) is 0 Å². The molecule has 3 nitrogen and oxygen atoms in total. The first-order valence-corrected chi connectivity index (χ1v) is 6.23. The lowest BCUT2D eigenvalue weighted by Crippen LogP contribution is -2.45. The van der Waals surface area contributed by atoms with E-state index < -0.39 is 23.1 Å². The number of benzene rings is 1. The van der Waals surface area contributed by atoms with Crippen LogP contribution < -0.4 is 5.32 Å². The highest BCUT2D eigenvalue weighted by molar-refractivity contribution is 5.94. The summed E-state index contributed by atoms with van der Waals surface area (Å²) in [5.41, 5.74) is -1.16. The number of nitrogens with one attached hydrogen (secondary N) is 1. The Morgan fingerprint density at radius 2 is 1.89 bits per heavy atom. The molecule has 0 aliphatic carbocycles. The van der Waals surface area contributed by atoms with Crippen LogP contribution in [-0.2, 0) is 0 Å². The molecule has 0 aliphatic heterocycles. The monoisotopic (exact) mass is 271 g/mol. The first kappa shape index (κ1) is 15.6. The summed E-state index contributed by atoms with van der Waals surface area (Å²) in [5, 5.41) is 12.6. The average Bonchev–Trinajstić information content (AvgIpc) is 2.33. The zero-order valence-corrected chi connectivity index (χ0v) is 11.3. The molecule has 0 spiro atoms. The molecular weight excluding hydrogens is 252 g/mol. The molecule has 2 unspecified atom stereocenters. The fourth-order valence-corrected chi connectivity index (χ4v) is 1.66. The fraction of sp³-hybridized carbons (Fsp3) is 0.500. The van der Waals surface area contributed by atoms with Gasteiger partial charge in [-0.05, 0) is 25.0 Å². The van der Waals surface area contributed by atoms with Crippen molar-refractivity contribution in [1.29, 1.82) is 0 Å². The zero-order chi connectivity index (χ0) is 14.6. The Morgan fingerprint density at radius 1 is 1.37 bits per heavy atom. The van der Waals surface area contributed by atoms with Crippen molar-refractivity contribution in [3.63, 3.8) is 0 Å². The van der Waals surface area contributed by atoms with Crippen molar-refractivity contribution in [1.82, 2.24) is 5.32 Å². The van der Waals surface area contributed by atoms with Crippen LogP contribution >= 0.6 is 0 Å². The Morgan fingerprint density at radius 3 is 2.37 bits per heavy atom. The van der Waals surface area contributed by atoms with Crippen molar-refractivity contribution in [3.05, 3.63) is 35.4 Å². The van der Waals surface area contributed by atoms with Gasteiger partial charge >= 0.3 is 0 Å². The van der Waals surface area contributed by atoms with Gasteiger partial charge in [0.05, 0.1) is 5.60 Å². The lowest BCUT2D eigenvalue weighted by atomic mass is 9.88. The van der Waals surface area contributed by atoms with Crippen molar-refractivity contribution in [2.45, 2.75) is 32.8 Å². The predicted molar refractivity (Wildman–Crippen MR) is 68.8 cm³/mol. The summed E-state index contributed by atoms with van der Waals surface area (Å²) < 4.78 is 26.0. The minimum atomic E-state index is -1.06. The number of rotatable bonds is 5. The molecule has 2 N–H and O–H groups in total. The van der Waals surface area contributed by atoms with Gasteiger partial charge in [0.15, 0.2) is 0 Å². The molecule has 106 valence electrons. The van der Waals surface area contributed by atoms with E-state index in [2.05, 4.69) is 5.32 Å². The second-order valence-electron chi connectivity index (χ2n) is 5.01. The van der Waals surface area contributed by atoms with Gasteiger partial charge in [-0.3, -0.25) is 4.79 Å². The Hall–Kier alpha value is -1.49. The van der Waals surface area contributed by atoms with Crippen molar-refractivity contribution >= 4 is 5.91 Å². The van der Waals surface area contributed by atoms with Gasteiger partial charge in [0.2, 0.25) is 0 Å². The minimum absolute atomic E-state index is 0.00274. The lowest BCUT2D eigenvalue weighted by Gasteiger charge is -2.29. The molecular formula is C14H19F2NO2. The first-order chi connectivity index (χ1) is 8.76. The quantitative estimate of drug-likeness (QED) is 0.864. The van der Waals surface area contributed by atoms with E-state index in [1.165, 1.54) is 0 Å². The Bertz CT molecular complexity index is 441. The maximum atomic E-state index is 13.0. The summed E-state index contributed by atoms with van der Waals surface area (Å²) in [6, 6.07) is 2.61. The molecule has 0 aromatic heterocycles. The summed E-state index contributed by atoms with van der Waals surface area (Å²) in [7, 11) is 0. The van der Waals surface area contributed by atoms with E-state index in [0.717, 1.165) is 18.6 Å². The molecule has 1 amide bonds. The van der Waals surface area contributed by atoms with Crippen LogP contribution in [0.2, 0.25) is 0 Å². The van der Waals surface area contributed by atoms with E-state index in [-0.39, 0.29) is 18.0 Å². The number of amides is 1. The molecule has 0 radical (unpaired) electrons. The largest absolute Gasteiger partial charge is 0.388 e. The van der Waals surface area contributed by atoms with Gasteiger partial charge in [0.25, 0.3) is 5.91 Å². The number of carbonyl (C=O) groups is 1. The van der Waals surface area contributed by atoms with Crippen molar-refractivity contribution < 1.29 is 18.7 Å². The molecule has 0 fully saturated rings. The van der Waals surface area contributed by atoms with Gasteiger partial charge in [-0.1, -0.05) is 20.3 Å². The first-order valence-electron chi connectivity index (χ1n) is 6.23. The third-order valence-electron chi connectivity index (χ3n) is 3.41. The second kappa shape index (κ2) is 6.10. The number of hydrogen-bond donors (Lipinski definition) is 2. The Kier molecular flexibility index (Phi) is 5.00. The van der Waals surface area contributed by atoms with Gasteiger partial charge in [-0.15, -0.1) is 0 Å². The molecule has 5 heteroatoms. The van der Waals surface area contributed by atoms with Crippen molar-refractivity contribution in [3.8, 4) is 0 Å². The highest BCUT2D eigenvalue weighted by atomic mass is 19.1. The highest BCUT2D eigenvalue weighted by Crippen LogP contribution is 2.19. The van der Waals surface area contributed by atoms with E-state index in [9.17, 15) is 18.7 Å². The summed E-state index contributed by atoms with van der Waals surface area (Å²) in [6.07, 6.45) is 0.761. The van der Waals surface area contributed by atoms with E-state index >= 15 is 0 Å². The van der Waals surface area contributed by atoms with Crippen LogP contribution in [-0.4, -0.2) is 23.2 Å². The second-order valence-corrected chi connectivity index (χ2v) is 5.01. The third-order valence-corrected chi connectivity index (χ3v) is 3.41. The van der Waals surface area contributed by atoms with Crippen LogP contribution in [0.5, 0.6) is 0 Å². The van der Waals surface area contributed by atoms with Gasteiger partial charge in [0.1, 0.15) is 11.6 Å². The molecule has 0 bridgehead atoms. The van der Waals surface area contributed by atoms with Crippen LogP contribution in [0.3, 0.4) is 0 Å².